The van der Waals surface area contributed by atoms with Gasteiger partial charge in [0.25, 0.3) is 0 Å². The second kappa shape index (κ2) is 13.0. The van der Waals surface area contributed by atoms with Gasteiger partial charge in [-0.25, -0.2) is 9.07 Å². The molecule has 1 atom stereocenters. The number of fused-ring (bicyclic) bond motifs is 1. The smallest absolute Gasteiger partial charge is 0.141 e. The first-order chi connectivity index (χ1) is 22.4. The van der Waals surface area contributed by atoms with Gasteiger partial charge in [-0.05, 0) is 60.9 Å². The van der Waals surface area contributed by atoms with E-state index in [1.54, 1.807) is 12.1 Å². The lowest BCUT2D eigenvalue weighted by molar-refractivity contribution is -0.0734. The quantitative estimate of drug-likeness (QED) is 0.172. The summed E-state index contributed by atoms with van der Waals surface area (Å²) in [5, 5.41) is 27.4. The van der Waals surface area contributed by atoms with Gasteiger partial charge in [-0.1, -0.05) is 52.1 Å². The van der Waals surface area contributed by atoms with Crippen LogP contribution in [0.1, 0.15) is 41.7 Å². The van der Waals surface area contributed by atoms with Crippen molar-refractivity contribution in [1.29, 1.82) is 5.26 Å². The third-order valence-electron chi connectivity index (χ3n) is 8.58. The lowest BCUT2D eigenvalue weighted by atomic mass is 10.0. The zero-order valence-corrected chi connectivity index (χ0v) is 26.7. The maximum atomic E-state index is 13.9. The summed E-state index contributed by atoms with van der Waals surface area (Å²) in [6.45, 7) is 3.64. The summed E-state index contributed by atoms with van der Waals surface area (Å²) in [7, 11) is 0. The summed E-state index contributed by atoms with van der Waals surface area (Å²) >= 11 is 19.1. The van der Waals surface area contributed by atoms with Crippen molar-refractivity contribution in [3.8, 4) is 6.07 Å². The van der Waals surface area contributed by atoms with E-state index in [0.717, 1.165) is 50.4 Å². The number of rotatable bonds is 8. The topological polar surface area (TPSA) is 104 Å². The third-order valence-corrected chi connectivity index (χ3v) is 9.41. The highest BCUT2D eigenvalue weighted by molar-refractivity contribution is 6.36. The number of nitrogens with zero attached hydrogens (tertiary/aromatic N) is 6. The first-order valence-corrected chi connectivity index (χ1v) is 16.0. The Bertz CT molecular complexity index is 1930. The van der Waals surface area contributed by atoms with Crippen molar-refractivity contribution in [2.45, 2.75) is 31.0 Å². The third kappa shape index (κ3) is 6.21. The minimum absolute atomic E-state index is 0.0420. The molecule has 2 fully saturated rings. The van der Waals surface area contributed by atoms with Crippen LogP contribution in [0.3, 0.4) is 0 Å². The number of aromatic nitrogens is 4. The zero-order valence-electron chi connectivity index (χ0n) is 24.4. The van der Waals surface area contributed by atoms with Crippen LogP contribution in [-0.4, -0.2) is 57.2 Å². The fraction of sp³-hybridized carbons (Fsp3) is 0.273. The van der Waals surface area contributed by atoms with Gasteiger partial charge in [-0.2, -0.15) is 5.26 Å². The number of hydrogen-bond acceptors (Lipinski definition) is 8. The van der Waals surface area contributed by atoms with Gasteiger partial charge in [0.2, 0.25) is 0 Å². The molecular formula is C33H28Cl3FN8O. The fourth-order valence-electron chi connectivity index (χ4n) is 5.98. The Kier molecular flexibility index (Phi) is 8.68. The summed E-state index contributed by atoms with van der Waals surface area (Å²) < 4.78 is 21.2. The summed E-state index contributed by atoms with van der Waals surface area (Å²) in [6, 6.07) is 18.1. The highest BCUT2D eigenvalue weighted by atomic mass is 35.5. The van der Waals surface area contributed by atoms with Crippen molar-refractivity contribution in [1.82, 2.24) is 24.9 Å². The van der Waals surface area contributed by atoms with Crippen molar-refractivity contribution >= 4 is 62.8 Å². The van der Waals surface area contributed by atoms with Crippen molar-refractivity contribution < 1.29 is 9.13 Å². The number of anilines is 3. The monoisotopic (exact) mass is 676 g/mol. The number of nitrogens with one attached hydrogen (secondary N) is 2. The van der Waals surface area contributed by atoms with Gasteiger partial charge in [0.1, 0.15) is 17.6 Å². The fourth-order valence-corrected chi connectivity index (χ4v) is 6.56. The number of halogens is 4. The Hall–Kier alpha value is -3.98. The molecule has 234 valence electrons. The molecule has 4 heterocycles. The van der Waals surface area contributed by atoms with Crippen LogP contribution in [-0.2, 0) is 4.74 Å². The molecule has 13 heteroatoms. The molecule has 0 saturated carbocycles. The van der Waals surface area contributed by atoms with Crippen molar-refractivity contribution in [2.24, 2.45) is 0 Å². The Morgan fingerprint density at radius 3 is 2.41 bits per heavy atom. The van der Waals surface area contributed by atoms with E-state index >= 15 is 0 Å². The van der Waals surface area contributed by atoms with E-state index < -0.39 is 11.9 Å². The van der Waals surface area contributed by atoms with Crippen LogP contribution in [0.2, 0.25) is 15.1 Å². The number of hydrogen-bond donors (Lipinski definition) is 2. The minimum Gasteiger partial charge on any atom is -0.378 e. The number of piperidine rings is 1. The maximum absolute atomic E-state index is 13.9. The van der Waals surface area contributed by atoms with Gasteiger partial charge >= 0.3 is 0 Å². The normalized spacial score (nSPS) is 16.6. The largest absolute Gasteiger partial charge is 0.378 e. The molecule has 9 nitrogen and oxygen atoms in total. The molecule has 2 aromatic heterocycles. The van der Waals surface area contributed by atoms with E-state index in [9.17, 15) is 9.65 Å². The van der Waals surface area contributed by atoms with Crippen LogP contribution in [0.25, 0.3) is 10.9 Å². The lowest BCUT2D eigenvalue weighted by Gasteiger charge is -2.41. The van der Waals surface area contributed by atoms with Gasteiger partial charge in [-0.15, -0.1) is 5.10 Å². The Morgan fingerprint density at radius 1 is 0.957 bits per heavy atom. The van der Waals surface area contributed by atoms with Crippen molar-refractivity contribution in [2.75, 3.05) is 36.9 Å². The van der Waals surface area contributed by atoms with Crippen LogP contribution in [0.4, 0.5) is 21.5 Å². The van der Waals surface area contributed by atoms with Crippen LogP contribution in [0.5, 0.6) is 0 Å². The van der Waals surface area contributed by atoms with Gasteiger partial charge in [0, 0.05) is 41.1 Å². The van der Waals surface area contributed by atoms with Gasteiger partial charge in [-0.3, -0.25) is 9.88 Å². The van der Waals surface area contributed by atoms with Crippen LogP contribution in [0, 0.1) is 17.1 Å². The highest BCUT2D eigenvalue weighted by Crippen LogP contribution is 2.37. The summed E-state index contributed by atoms with van der Waals surface area (Å²) in [5.41, 5.74) is 4.08. The van der Waals surface area contributed by atoms with Crippen LogP contribution >= 0.6 is 34.8 Å². The molecule has 7 rings (SSSR count). The van der Waals surface area contributed by atoms with Crippen LogP contribution in [0.15, 0.2) is 67.0 Å². The molecule has 5 aromatic rings. The maximum Gasteiger partial charge on any atom is 0.141 e. The summed E-state index contributed by atoms with van der Waals surface area (Å²) in [5.74, 6) is -0.541. The van der Waals surface area contributed by atoms with E-state index in [-0.39, 0.29) is 16.6 Å². The Labute approximate surface area is 279 Å². The zero-order chi connectivity index (χ0) is 31.8. The molecule has 0 radical (unpaired) electrons. The van der Waals surface area contributed by atoms with Gasteiger partial charge in [0.15, 0.2) is 0 Å². The van der Waals surface area contributed by atoms with E-state index in [4.69, 9.17) is 39.5 Å². The summed E-state index contributed by atoms with van der Waals surface area (Å²) in [4.78, 5) is 6.95. The van der Waals surface area contributed by atoms with Gasteiger partial charge < -0.3 is 15.4 Å². The highest BCUT2D eigenvalue weighted by Gasteiger charge is 2.31. The Morgan fingerprint density at radius 2 is 1.72 bits per heavy atom. The molecule has 2 aliphatic rings. The molecule has 0 amide bonds. The van der Waals surface area contributed by atoms with E-state index in [1.165, 1.54) is 18.3 Å². The standard InChI is InChI=1S/C33H28Cl3FN8O/c34-21-3-1-19(2-4-21)32(30-16-45(43-42-30)24-7-9-44(10-8-24)25-17-46-18-25)41-23-11-26-31(40-22-5-6-29(37)27(35)12-22)20(14-38)15-39-33(26)28(36)13-23/h1-6,11-13,15-16,24-25,32,41H,7-10,17-18H2,(H,39,40). The van der Waals surface area contributed by atoms with E-state index in [0.29, 0.717) is 44.1 Å². The average Bonchev–Trinajstić information content (AvgIpc) is 3.52. The molecule has 0 bridgehead atoms. The molecule has 2 N–H and O–H groups in total. The van der Waals surface area contributed by atoms with Crippen LogP contribution < -0.4 is 10.6 Å². The SMILES string of the molecule is N#Cc1cnc2c(Cl)cc(NC(c3ccc(Cl)cc3)c3cn(C4CCN(C5COC5)CC4)nn3)cc2c1Nc1ccc(F)c(Cl)c1. The first-order valence-electron chi connectivity index (χ1n) is 14.9. The predicted octanol–water partition coefficient (Wildman–Crippen LogP) is 7.78. The number of benzene rings is 3. The number of ether oxygens (including phenoxy) is 1. The van der Waals surface area contributed by atoms with E-state index in [2.05, 4.69) is 36.9 Å². The van der Waals surface area contributed by atoms with E-state index in [1.807, 2.05) is 41.2 Å². The number of likely N-dealkylation sites (tertiary alicyclic amines) is 1. The van der Waals surface area contributed by atoms with Crippen molar-refractivity contribution in [3.63, 3.8) is 0 Å². The molecule has 1 unspecified atom stereocenters. The Balaban J connectivity index is 1.22. The van der Waals surface area contributed by atoms with Crippen molar-refractivity contribution in [3.05, 3.63) is 105 Å². The molecule has 3 aromatic carbocycles. The molecule has 2 saturated heterocycles. The molecule has 2 aliphatic heterocycles. The second-order valence-electron chi connectivity index (χ2n) is 11.5. The molecule has 0 spiro atoms. The molecule has 0 aliphatic carbocycles. The molecule has 46 heavy (non-hydrogen) atoms. The second-order valence-corrected chi connectivity index (χ2v) is 12.7. The predicted molar refractivity (Wildman–Crippen MR) is 178 cm³/mol. The lowest BCUT2D eigenvalue weighted by Crippen LogP contribution is -2.51. The summed E-state index contributed by atoms with van der Waals surface area (Å²) in [6.07, 6.45) is 5.43. The van der Waals surface area contributed by atoms with Gasteiger partial charge in [0.05, 0.1) is 64.3 Å². The number of pyridine rings is 1. The first kappa shape index (κ1) is 30.7. The molecular weight excluding hydrogens is 650 g/mol. The average molecular weight is 678 g/mol. The number of nitriles is 1. The minimum atomic E-state index is -0.541.